The van der Waals surface area contributed by atoms with Crippen molar-refractivity contribution in [2.75, 3.05) is 20.2 Å². The first-order chi connectivity index (χ1) is 12.6. The molecular weight excluding hydrogens is 362 g/mol. The zero-order chi connectivity index (χ0) is 20.0. The van der Waals surface area contributed by atoms with Gasteiger partial charge in [0.15, 0.2) is 0 Å². The number of sulfonamides is 1. The van der Waals surface area contributed by atoms with Gasteiger partial charge in [-0.1, -0.05) is 42.3 Å². The number of hydrogen-bond acceptors (Lipinski definition) is 4. The van der Waals surface area contributed by atoms with E-state index in [9.17, 15) is 13.2 Å². The fourth-order valence-electron chi connectivity index (χ4n) is 4.34. The van der Waals surface area contributed by atoms with E-state index in [0.29, 0.717) is 36.4 Å². The molecule has 0 spiro atoms. The Morgan fingerprint density at radius 2 is 1.89 bits per heavy atom. The van der Waals surface area contributed by atoms with Gasteiger partial charge in [0.05, 0.1) is 12.0 Å². The van der Waals surface area contributed by atoms with Gasteiger partial charge >= 0.3 is 5.97 Å². The van der Waals surface area contributed by atoms with E-state index in [1.807, 2.05) is 26.0 Å². The van der Waals surface area contributed by atoms with Crippen molar-refractivity contribution in [3.05, 3.63) is 53.1 Å². The molecule has 6 heteroatoms. The van der Waals surface area contributed by atoms with Crippen LogP contribution in [0.3, 0.4) is 0 Å². The van der Waals surface area contributed by atoms with Crippen LogP contribution in [0.15, 0.2) is 52.5 Å². The number of allylic oxidation sites excluding steroid dienone is 1. The van der Waals surface area contributed by atoms with Crippen LogP contribution in [0.4, 0.5) is 0 Å². The van der Waals surface area contributed by atoms with E-state index in [1.165, 1.54) is 7.11 Å². The smallest absolute Gasteiger partial charge is 0.333 e. The minimum Gasteiger partial charge on any atom is -0.466 e. The molecular formula is C21H27NO4S. The van der Waals surface area contributed by atoms with Gasteiger partial charge in [-0.05, 0) is 44.2 Å². The Morgan fingerprint density at radius 3 is 2.48 bits per heavy atom. The summed E-state index contributed by atoms with van der Waals surface area (Å²) in [4.78, 5) is 12.6. The zero-order valence-electron chi connectivity index (χ0n) is 16.4. The van der Waals surface area contributed by atoms with E-state index in [0.717, 1.165) is 16.7 Å². The predicted octanol–water partition coefficient (Wildman–Crippen LogP) is 3.46. The van der Waals surface area contributed by atoms with E-state index in [4.69, 9.17) is 4.74 Å². The Balaban J connectivity index is 1.95. The van der Waals surface area contributed by atoms with Crippen molar-refractivity contribution < 1.29 is 17.9 Å². The summed E-state index contributed by atoms with van der Waals surface area (Å²) in [5, 5.41) is 0. The average Bonchev–Trinajstić information content (AvgIpc) is 2.94. The molecule has 2 atom stereocenters. The molecule has 2 aliphatic rings. The first-order valence-electron chi connectivity index (χ1n) is 9.10. The average molecular weight is 390 g/mol. The van der Waals surface area contributed by atoms with Gasteiger partial charge in [0.2, 0.25) is 10.0 Å². The topological polar surface area (TPSA) is 63.7 Å². The van der Waals surface area contributed by atoms with Crippen LogP contribution in [0.1, 0.15) is 32.3 Å². The number of ether oxygens (including phenoxy) is 1. The molecule has 1 heterocycles. The maximum Gasteiger partial charge on any atom is 0.333 e. The standard InChI is InChI=1S/C21H27NO4S/c1-14-6-8-17(9-7-14)27(24,25)22-12-19-16(3)10-15(2)18(20(23)26-5)11-21(19,4)13-22/h6-9,19H,3,10-13H2,1-2,4-5H3. The van der Waals surface area contributed by atoms with E-state index >= 15 is 0 Å². The lowest BCUT2D eigenvalue weighted by atomic mass is 9.73. The van der Waals surface area contributed by atoms with Gasteiger partial charge in [0.25, 0.3) is 0 Å². The third-order valence-electron chi connectivity index (χ3n) is 5.94. The molecule has 1 aromatic carbocycles. The number of carbonyl (C=O) groups is 1. The molecule has 146 valence electrons. The molecule has 0 saturated carbocycles. The largest absolute Gasteiger partial charge is 0.466 e. The molecule has 3 rings (SSSR count). The molecule has 0 radical (unpaired) electrons. The van der Waals surface area contributed by atoms with Crippen molar-refractivity contribution in [2.24, 2.45) is 11.3 Å². The number of carbonyl (C=O) groups excluding carboxylic acids is 1. The van der Waals surface area contributed by atoms with E-state index < -0.39 is 10.0 Å². The minimum absolute atomic E-state index is 0.00910. The SMILES string of the molecule is C=C1CC(C)=C(C(=O)OC)CC2(C)CN(S(=O)(=O)c3ccc(C)cc3)CC12. The lowest BCUT2D eigenvalue weighted by Crippen LogP contribution is -2.32. The monoisotopic (exact) mass is 389 g/mol. The highest BCUT2D eigenvalue weighted by molar-refractivity contribution is 7.89. The predicted molar refractivity (Wildman–Crippen MR) is 105 cm³/mol. The van der Waals surface area contributed by atoms with Crippen molar-refractivity contribution in [1.29, 1.82) is 0 Å². The summed E-state index contributed by atoms with van der Waals surface area (Å²) in [6.07, 6.45) is 1.10. The highest BCUT2D eigenvalue weighted by Crippen LogP contribution is 2.49. The Hall–Kier alpha value is -1.92. The number of hydrogen-bond donors (Lipinski definition) is 0. The van der Waals surface area contributed by atoms with Crippen LogP contribution >= 0.6 is 0 Å². The molecule has 27 heavy (non-hydrogen) atoms. The molecule has 1 aliphatic heterocycles. The summed E-state index contributed by atoms with van der Waals surface area (Å²) >= 11 is 0. The van der Waals surface area contributed by atoms with Crippen LogP contribution in [0, 0.1) is 18.3 Å². The number of nitrogens with zero attached hydrogens (tertiary/aromatic N) is 1. The lowest BCUT2D eigenvalue weighted by molar-refractivity contribution is -0.136. The van der Waals surface area contributed by atoms with Gasteiger partial charge in [-0.2, -0.15) is 4.31 Å². The molecule has 1 saturated heterocycles. The normalized spacial score (nSPS) is 26.7. The Kier molecular flexibility index (Phi) is 5.08. The number of esters is 1. The molecule has 2 unspecified atom stereocenters. The quantitative estimate of drug-likeness (QED) is 0.587. The first kappa shape index (κ1) is 19.8. The number of aryl methyl sites for hydroxylation is 1. The van der Waals surface area contributed by atoms with Crippen molar-refractivity contribution in [1.82, 2.24) is 4.31 Å². The number of rotatable bonds is 3. The number of fused-ring (bicyclic) bond motifs is 1. The lowest BCUT2D eigenvalue weighted by Gasteiger charge is -2.30. The number of benzene rings is 1. The van der Waals surface area contributed by atoms with E-state index in [2.05, 4.69) is 13.5 Å². The fourth-order valence-corrected chi connectivity index (χ4v) is 5.93. The summed E-state index contributed by atoms with van der Waals surface area (Å²) < 4.78 is 32.8. The summed E-state index contributed by atoms with van der Waals surface area (Å²) in [6.45, 7) is 10.9. The second-order valence-corrected chi connectivity index (χ2v) is 10.0. The van der Waals surface area contributed by atoms with Gasteiger partial charge in [-0.3, -0.25) is 0 Å². The van der Waals surface area contributed by atoms with Gasteiger partial charge in [0.1, 0.15) is 0 Å². The third kappa shape index (κ3) is 3.48. The van der Waals surface area contributed by atoms with Crippen molar-refractivity contribution >= 4 is 16.0 Å². The second kappa shape index (κ2) is 6.91. The number of methoxy groups -OCH3 is 1. The Bertz CT molecular complexity index is 914. The van der Waals surface area contributed by atoms with Crippen LogP contribution in [0.25, 0.3) is 0 Å². The molecule has 0 bridgehead atoms. The second-order valence-electron chi connectivity index (χ2n) is 8.08. The molecule has 1 fully saturated rings. The molecule has 1 aliphatic carbocycles. The summed E-state index contributed by atoms with van der Waals surface area (Å²) in [5.41, 5.74) is 3.24. The molecule has 5 nitrogen and oxygen atoms in total. The van der Waals surface area contributed by atoms with Crippen LogP contribution < -0.4 is 0 Å². The van der Waals surface area contributed by atoms with Crippen molar-refractivity contribution in [3.8, 4) is 0 Å². The summed E-state index contributed by atoms with van der Waals surface area (Å²) in [5.74, 6) is -0.322. The van der Waals surface area contributed by atoms with Gasteiger partial charge in [-0.15, -0.1) is 0 Å². The van der Waals surface area contributed by atoms with Crippen LogP contribution in [0.2, 0.25) is 0 Å². The van der Waals surface area contributed by atoms with Crippen molar-refractivity contribution in [3.63, 3.8) is 0 Å². The van der Waals surface area contributed by atoms with Crippen molar-refractivity contribution in [2.45, 2.75) is 38.5 Å². The van der Waals surface area contributed by atoms with Crippen LogP contribution in [-0.4, -0.2) is 38.9 Å². The Morgan fingerprint density at radius 1 is 1.26 bits per heavy atom. The van der Waals surface area contributed by atoms with Gasteiger partial charge < -0.3 is 4.74 Å². The summed E-state index contributed by atoms with van der Waals surface area (Å²) in [6, 6.07) is 6.92. The fraction of sp³-hybridized carbons (Fsp3) is 0.476. The maximum atomic E-state index is 13.2. The zero-order valence-corrected chi connectivity index (χ0v) is 17.2. The van der Waals surface area contributed by atoms with Gasteiger partial charge in [0, 0.05) is 24.6 Å². The minimum atomic E-state index is -3.58. The van der Waals surface area contributed by atoms with E-state index in [-0.39, 0.29) is 17.3 Å². The third-order valence-corrected chi connectivity index (χ3v) is 7.76. The molecule has 0 amide bonds. The first-order valence-corrected chi connectivity index (χ1v) is 10.5. The highest BCUT2D eigenvalue weighted by atomic mass is 32.2. The van der Waals surface area contributed by atoms with Gasteiger partial charge in [-0.25, -0.2) is 13.2 Å². The Labute approximate surface area is 161 Å². The van der Waals surface area contributed by atoms with Crippen LogP contribution in [-0.2, 0) is 19.6 Å². The van der Waals surface area contributed by atoms with Crippen LogP contribution in [0.5, 0.6) is 0 Å². The molecule has 0 N–H and O–H groups in total. The van der Waals surface area contributed by atoms with E-state index in [1.54, 1.807) is 16.4 Å². The summed E-state index contributed by atoms with van der Waals surface area (Å²) in [7, 11) is -2.20. The molecule has 0 aromatic heterocycles. The maximum absolute atomic E-state index is 13.2. The highest BCUT2D eigenvalue weighted by Gasteiger charge is 2.50. The molecule has 1 aromatic rings.